The molecule has 0 bridgehead atoms. The number of furan rings is 1. The molecule has 0 aliphatic heterocycles. The molecule has 0 saturated carbocycles. The van der Waals surface area contributed by atoms with Gasteiger partial charge in [0.25, 0.3) is 5.91 Å². The highest BCUT2D eigenvalue weighted by Crippen LogP contribution is 2.40. The first kappa shape index (κ1) is 21.4. The first-order valence-corrected chi connectivity index (χ1v) is 11.5. The molecule has 6 heteroatoms. The fourth-order valence-electron chi connectivity index (χ4n) is 4.00. The molecule has 1 unspecified atom stereocenters. The maximum Gasteiger partial charge on any atom is 0.341 e. The molecular formula is C25H27NO4S. The van der Waals surface area contributed by atoms with Gasteiger partial charge in [-0.2, -0.15) is 0 Å². The van der Waals surface area contributed by atoms with Crippen LogP contribution in [0.1, 0.15) is 62.7 Å². The monoisotopic (exact) mass is 437 g/mol. The van der Waals surface area contributed by atoms with E-state index in [2.05, 4.69) is 12.2 Å². The summed E-state index contributed by atoms with van der Waals surface area (Å²) in [6.45, 7) is 8.11. The molecule has 0 saturated heterocycles. The second-order valence-electron chi connectivity index (χ2n) is 8.18. The van der Waals surface area contributed by atoms with Crippen LogP contribution in [-0.2, 0) is 17.6 Å². The summed E-state index contributed by atoms with van der Waals surface area (Å²) >= 11 is 1.49. The summed E-state index contributed by atoms with van der Waals surface area (Å²) in [6, 6.07) is 9.73. The third-order valence-electron chi connectivity index (χ3n) is 5.72. The van der Waals surface area contributed by atoms with E-state index in [9.17, 15) is 9.59 Å². The maximum atomic E-state index is 13.1. The van der Waals surface area contributed by atoms with Crippen LogP contribution in [0.25, 0.3) is 11.3 Å². The van der Waals surface area contributed by atoms with Crippen LogP contribution in [0, 0.1) is 19.8 Å². The number of thiophene rings is 1. The van der Waals surface area contributed by atoms with Gasteiger partial charge in [0.2, 0.25) is 0 Å². The smallest absolute Gasteiger partial charge is 0.341 e. The van der Waals surface area contributed by atoms with Crippen molar-refractivity contribution in [3.63, 3.8) is 0 Å². The molecule has 1 atom stereocenters. The van der Waals surface area contributed by atoms with Crippen LogP contribution < -0.4 is 5.32 Å². The first-order valence-electron chi connectivity index (χ1n) is 10.7. The van der Waals surface area contributed by atoms with E-state index in [-0.39, 0.29) is 11.9 Å². The van der Waals surface area contributed by atoms with Gasteiger partial charge in [-0.1, -0.05) is 36.8 Å². The van der Waals surface area contributed by atoms with Gasteiger partial charge in [-0.15, -0.1) is 11.3 Å². The van der Waals surface area contributed by atoms with Gasteiger partial charge in [-0.05, 0) is 57.6 Å². The van der Waals surface area contributed by atoms with Gasteiger partial charge in [0.15, 0.2) is 0 Å². The number of benzene rings is 1. The Hall–Kier alpha value is -2.86. The third kappa shape index (κ3) is 4.30. The van der Waals surface area contributed by atoms with E-state index in [0.29, 0.717) is 40.2 Å². The molecule has 31 heavy (non-hydrogen) atoms. The summed E-state index contributed by atoms with van der Waals surface area (Å²) in [5.74, 6) is 1.11. The Morgan fingerprint density at radius 2 is 1.97 bits per heavy atom. The van der Waals surface area contributed by atoms with Crippen molar-refractivity contribution >= 4 is 28.2 Å². The van der Waals surface area contributed by atoms with Crippen molar-refractivity contribution < 1.29 is 18.7 Å². The van der Waals surface area contributed by atoms with Crippen LogP contribution in [0.15, 0.2) is 34.7 Å². The molecule has 1 aliphatic rings. The van der Waals surface area contributed by atoms with Crippen molar-refractivity contribution in [2.75, 3.05) is 11.9 Å². The molecule has 1 aliphatic carbocycles. The molecule has 1 aromatic carbocycles. The van der Waals surface area contributed by atoms with Gasteiger partial charge in [0.1, 0.15) is 16.5 Å². The number of amides is 1. The van der Waals surface area contributed by atoms with E-state index in [1.54, 1.807) is 19.9 Å². The zero-order valence-corrected chi connectivity index (χ0v) is 19.2. The lowest BCUT2D eigenvalue weighted by Crippen LogP contribution is -2.16. The predicted octanol–water partition coefficient (Wildman–Crippen LogP) is 6.18. The molecule has 162 valence electrons. The maximum absolute atomic E-state index is 13.1. The predicted molar refractivity (Wildman–Crippen MR) is 123 cm³/mol. The van der Waals surface area contributed by atoms with Crippen LogP contribution >= 0.6 is 11.3 Å². The number of carbonyl (C=O) groups is 2. The number of nitrogens with one attached hydrogen (secondary N) is 1. The minimum absolute atomic E-state index is 0.281. The average molecular weight is 438 g/mol. The van der Waals surface area contributed by atoms with Gasteiger partial charge in [-0.3, -0.25) is 4.79 Å². The van der Waals surface area contributed by atoms with Crippen molar-refractivity contribution in [1.29, 1.82) is 0 Å². The lowest BCUT2D eigenvalue weighted by atomic mass is 9.88. The Morgan fingerprint density at radius 1 is 1.23 bits per heavy atom. The van der Waals surface area contributed by atoms with Gasteiger partial charge in [0, 0.05) is 10.4 Å². The molecule has 5 nitrogen and oxygen atoms in total. The number of anilines is 1. The summed E-state index contributed by atoms with van der Waals surface area (Å²) in [4.78, 5) is 27.0. The van der Waals surface area contributed by atoms with Gasteiger partial charge in [0.05, 0.1) is 17.7 Å². The van der Waals surface area contributed by atoms with Crippen LogP contribution in [0.3, 0.4) is 0 Å². The highest BCUT2D eigenvalue weighted by Gasteiger charge is 2.30. The summed E-state index contributed by atoms with van der Waals surface area (Å²) in [5, 5.41) is 3.54. The number of rotatable bonds is 5. The molecule has 2 aromatic heterocycles. The Labute approximate surface area is 186 Å². The topological polar surface area (TPSA) is 68.5 Å². The normalized spacial score (nSPS) is 15.4. The van der Waals surface area contributed by atoms with E-state index in [0.717, 1.165) is 36.0 Å². The van der Waals surface area contributed by atoms with Crippen LogP contribution in [-0.4, -0.2) is 18.5 Å². The standard InChI is InChI=1S/C25H27NO4S/c1-5-29-25(28)22-18-11-8-15(3)12-21(18)31-24(22)26-23(27)19-13-20(30-16(19)4)17-9-6-14(2)7-10-17/h6-7,9-10,13,15H,5,8,11-12H2,1-4H3,(H,26,27). The molecule has 0 fully saturated rings. The third-order valence-corrected chi connectivity index (χ3v) is 6.89. The van der Waals surface area contributed by atoms with E-state index in [1.807, 2.05) is 31.2 Å². The van der Waals surface area contributed by atoms with Crippen molar-refractivity contribution in [2.45, 2.75) is 47.0 Å². The largest absolute Gasteiger partial charge is 0.462 e. The molecule has 1 amide bonds. The van der Waals surface area contributed by atoms with E-state index in [4.69, 9.17) is 9.15 Å². The lowest BCUT2D eigenvalue weighted by molar-refractivity contribution is 0.0526. The minimum atomic E-state index is -0.367. The SMILES string of the molecule is CCOC(=O)c1c(NC(=O)c2cc(-c3ccc(C)cc3)oc2C)sc2c1CCC(C)C2. The number of aryl methyl sites for hydroxylation is 2. The summed E-state index contributed by atoms with van der Waals surface area (Å²) < 4.78 is 11.2. The fraction of sp³-hybridized carbons (Fsp3) is 0.360. The Bertz CT molecular complexity index is 1120. The van der Waals surface area contributed by atoms with E-state index in [1.165, 1.54) is 16.2 Å². The molecule has 2 heterocycles. The van der Waals surface area contributed by atoms with E-state index < -0.39 is 0 Å². The number of hydrogen-bond donors (Lipinski definition) is 1. The quantitative estimate of drug-likeness (QED) is 0.484. The highest BCUT2D eigenvalue weighted by molar-refractivity contribution is 7.17. The van der Waals surface area contributed by atoms with Gasteiger partial charge < -0.3 is 14.5 Å². The highest BCUT2D eigenvalue weighted by atomic mass is 32.1. The second-order valence-corrected chi connectivity index (χ2v) is 9.28. The molecule has 4 rings (SSSR count). The Morgan fingerprint density at radius 3 is 2.68 bits per heavy atom. The van der Waals surface area contributed by atoms with Crippen LogP contribution in [0.2, 0.25) is 0 Å². The number of carbonyl (C=O) groups excluding carboxylic acids is 2. The van der Waals surface area contributed by atoms with Gasteiger partial charge in [-0.25, -0.2) is 4.79 Å². The zero-order chi connectivity index (χ0) is 22.1. The minimum Gasteiger partial charge on any atom is -0.462 e. The van der Waals surface area contributed by atoms with Crippen molar-refractivity contribution in [3.8, 4) is 11.3 Å². The number of esters is 1. The fourth-order valence-corrected chi connectivity index (χ4v) is 5.39. The number of ether oxygens (including phenoxy) is 1. The summed E-state index contributed by atoms with van der Waals surface area (Å²) in [6.07, 6.45) is 2.79. The van der Waals surface area contributed by atoms with Gasteiger partial charge >= 0.3 is 5.97 Å². The van der Waals surface area contributed by atoms with Crippen molar-refractivity contribution in [3.05, 3.63) is 63.2 Å². The van der Waals surface area contributed by atoms with Crippen LogP contribution in [0.4, 0.5) is 5.00 Å². The summed E-state index contributed by atoms with van der Waals surface area (Å²) in [5.41, 5.74) is 4.08. The zero-order valence-electron chi connectivity index (χ0n) is 18.3. The molecule has 0 radical (unpaired) electrons. The number of fused-ring (bicyclic) bond motifs is 1. The van der Waals surface area contributed by atoms with Crippen LogP contribution in [0.5, 0.6) is 0 Å². The molecular weight excluding hydrogens is 410 g/mol. The second kappa shape index (κ2) is 8.71. The summed E-state index contributed by atoms with van der Waals surface area (Å²) in [7, 11) is 0. The Kier molecular flexibility index (Phi) is 6.01. The molecule has 1 N–H and O–H groups in total. The Balaban J connectivity index is 1.64. The lowest BCUT2D eigenvalue weighted by Gasteiger charge is -2.18. The molecule has 0 spiro atoms. The van der Waals surface area contributed by atoms with Crippen molar-refractivity contribution in [2.24, 2.45) is 5.92 Å². The first-order chi connectivity index (χ1) is 14.9. The van der Waals surface area contributed by atoms with Crippen molar-refractivity contribution in [1.82, 2.24) is 0 Å². The average Bonchev–Trinajstić information content (AvgIpc) is 3.28. The number of hydrogen-bond acceptors (Lipinski definition) is 5. The molecule has 3 aromatic rings. The van der Waals surface area contributed by atoms with E-state index >= 15 is 0 Å².